The summed E-state index contributed by atoms with van der Waals surface area (Å²) in [6.07, 6.45) is 0. The molecule has 0 aliphatic heterocycles. The van der Waals surface area contributed by atoms with Crippen molar-refractivity contribution < 1.29 is 9.18 Å². The molecule has 18 heavy (non-hydrogen) atoms. The van der Waals surface area contributed by atoms with Crippen LogP contribution in [0, 0.1) is 5.82 Å². The fourth-order valence-electron chi connectivity index (χ4n) is 1.77. The van der Waals surface area contributed by atoms with Crippen LogP contribution in [-0.2, 0) is 6.54 Å². The van der Waals surface area contributed by atoms with Gasteiger partial charge >= 0.3 is 0 Å². The Morgan fingerprint density at radius 3 is 2.33 bits per heavy atom. The second-order valence-corrected chi connectivity index (χ2v) is 4.13. The highest BCUT2D eigenvalue weighted by Gasteiger charge is 2.15. The van der Waals surface area contributed by atoms with Crippen LogP contribution in [0.2, 0.25) is 0 Å². The highest BCUT2D eigenvalue weighted by Crippen LogP contribution is 2.11. The third kappa shape index (κ3) is 2.74. The molecule has 2 nitrogen and oxygen atoms in total. The van der Waals surface area contributed by atoms with Crippen molar-refractivity contribution >= 4 is 5.91 Å². The Bertz CT molecular complexity index is 539. The monoisotopic (exact) mass is 243 g/mol. The topological polar surface area (TPSA) is 20.3 Å². The van der Waals surface area contributed by atoms with Crippen LogP contribution in [0.4, 0.5) is 4.39 Å². The van der Waals surface area contributed by atoms with E-state index in [-0.39, 0.29) is 11.5 Å². The minimum absolute atomic E-state index is 0.107. The Labute approximate surface area is 106 Å². The van der Waals surface area contributed by atoms with Crippen LogP contribution < -0.4 is 0 Å². The van der Waals surface area contributed by atoms with Crippen LogP contribution in [0.3, 0.4) is 0 Å². The van der Waals surface area contributed by atoms with Gasteiger partial charge in [-0.15, -0.1) is 0 Å². The minimum Gasteiger partial charge on any atom is -0.337 e. The van der Waals surface area contributed by atoms with Crippen molar-refractivity contribution in [2.45, 2.75) is 6.54 Å². The molecule has 0 aliphatic carbocycles. The van der Waals surface area contributed by atoms with Crippen LogP contribution in [0.5, 0.6) is 0 Å². The average molecular weight is 243 g/mol. The van der Waals surface area contributed by atoms with Gasteiger partial charge in [-0.25, -0.2) is 4.39 Å². The van der Waals surface area contributed by atoms with E-state index in [1.807, 2.05) is 30.3 Å². The number of carbonyl (C=O) groups excluding carboxylic acids is 1. The third-order valence-electron chi connectivity index (χ3n) is 2.71. The first-order chi connectivity index (χ1) is 8.68. The van der Waals surface area contributed by atoms with Crippen molar-refractivity contribution in [3.8, 4) is 0 Å². The quantitative estimate of drug-likeness (QED) is 0.811. The maximum absolute atomic E-state index is 13.5. The molecule has 2 rings (SSSR count). The van der Waals surface area contributed by atoms with Crippen LogP contribution in [0.1, 0.15) is 15.9 Å². The molecule has 0 heterocycles. The molecule has 0 saturated heterocycles. The normalized spacial score (nSPS) is 10.1. The summed E-state index contributed by atoms with van der Waals surface area (Å²) >= 11 is 0. The van der Waals surface area contributed by atoms with Crippen LogP contribution in [0.25, 0.3) is 0 Å². The van der Waals surface area contributed by atoms with Crippen molar-refractivity contribution in [2.75, 3.05) is 7.05 Å². The van der Waals surface area contributed by atoms with E-state index >= 15 is 0 Å². The van der Waals surface area contributed by atoms with Crippen LogP contribution in [-0.4, -0.2) is 17.9 Å². The van der Waals surface area contributed by atoms with Gasteiger partial charge in [0.25, 0.3) is 5.91 Å². The Balaban J connectivity index is 2.13. The molecule has 2 aromatic rings. The molecule has 0 spiro atoms. The molecular weight excluding hydrogens is 229 g/mol. The molecule has 2 aromatic carbocycles. The molecule has 0 fully saturated rings. The molecule has 0 N–H and O–H groups in total. The number of hydrogen-bond acceptors (Lipinski definition) is 1. The lowest BCUT2D eigenvalue weighted by atomic mass is 10.1. The van der Waals surface area contributed by atoms with E-state index in [0.717, 1.165) is 5.56 Å². The summed E-state index contributed by atoms with van der Waals surface area (Å²) in [4.78, 5) is 13.6. The predicted molar refractivity (Wildman–Crippen MR) is 68.6 cm³/mol. The van der Waals surface area contributed by atoms with E-state index in [2.05, 4.69) is 0 Å². The molecule has 0 radical (unpaired) electrons. The molecule has 1 amide bonds. The lowest BCUT2D eigenvalue weighted by Gasteiger charge is -2.17. The van der Waals surface area contributed by atoms with Gasteiger partial charge in [0.15, 0.2) is 0 Å². The fraction of sp³-hybridized carbons (Fsp3) is 0.133. The first-order valence-corrected chi connectivity index (χ1v) is 5.72. The number of carbonyl (C=O) groups is 1. The second kappa shape index (κ2) is 5.45. The third-order valence-corrected chi connectivity index (χ3v) is 2.71. The highest BCUT2D eigenvalue weighted by molar-refractivity contribution is 5.94. The van der Waals surface area contributed by atoms with E-state index in [4.69, 9.17) is 0 Å². The van der Waals surface area contributed by atoms with E-state index < -0.39 is 5.82 Å². The minimum atomic E-state index is -0.484. The van der Waals surface area contributed by atoms with E-state index in [9.17, 15) is 9.18 Å². The molecular formula is C15H14FNO. The van der Waals surface area contributed by atoms with Gasteiger partial charge in [-0.05, 0) is 17.7 Å². The number of rotatable bonds is 3. The number of hydrogen-bond donors (Lipinski definition) is 0. The highest BCUT2D eigenvalue weighted by atomic mass is 19.1. The van der Waals surface area contributed by atoms with Crippen LogP contribution >= 0.6 is 0 Å². The van der Waals surface area contributed by atoms with Gasteiger partial charge in [0, 0.05) is 13.6 Å². The SMILES string of the molecule is CN(Cc1ccccc1)C(=O)c1ccccc1F. The molecule has 92 valence electrons. The smallest absolute Gasteiger partial charge is 0.256 e. The molecule has 0 unspecified atom stereocenters. The fourth-order valence-corrected chi connectivity index (χ4v) is 1.77. The van der Waals surface area contributed by atoms with Gasteiger partial charge in [0.2, 0.25) is 0 Å². The lowest BCUT2D eigenvalue weighted by Crippen LogP contribution is -2.26. The molecule has 0 aromatic heterocycles. The van der Waals surface area contributed by atoms with Crippen molar-refractivity contribution in [3.63, 3.8) is 0 Å². The zero-order chi connectivity index (χ0) is 13.0. The lowest BCUT2D eigenvalue weighted by molar-refractivity contribution is 0.0780. The summed E-state index contributed by atoms with van der Waals surface area (Å²) in [5.41, 5.74) is 1.13. The summed E-state index contributed by atoms with van der Waals surface area (Å²) < 4.78 is 13.5. The number of halogens is 1. The summed E-state index contributed by atoms with van der Waals surface area (Å²) in [5.74, 6) is -0.792. The molecule has 0 bridgehead atoms. The molecule has 0 aliphatic rings. The Hall–Kier alpha value is -2.16. The van der Waals surface area contributed by atoms with Gasteiger partial charge in [-0.1, -0.05) is 42.5 Å². The van der Waals surface area contributed by atoms with Gasteiger partial charge in [0.1, 0.15) is 5.82 Å². The van der Waals surface area contributed by atoms with E-state index in [1.165, 1.54) is 17.0 Å². The van der Waals surface area contributed by atoms with Crippen molar-refractivity contribution in [3.05, 3.63) is 71.5 Å². The summed E-state index contributed by atoms with van der Waals surface area (Å²) in [6, 6.07) is 15.6. The Morgan fingerprint density at radius 2 is 1.67 bits per heavy atom. The summed E-state index contributed by atoms with van der Waals surface area (Å²) in [6.45, 7) is 0.466. The van der Waals surface area contributed by atoms with Crippen molar-refractivity contribution in [1.82, 2.24) is 4.90 Å². The maximum Gasteiger partial charge on any atom is 0.256 e. The van der Waals surface area contributed by atoms with Gasteiger partial charge < -0.3 is 4.90 Å². The summed E-state index contributed by atoms with van der Waals surface area (Å²) in [5, 5.41) is 0. The number of amides is 1. The zero-order valence-electron chi connectivity index (χ0n) is 10.1. The van der Waals surface area contributed by atoms with Gasteiger partial charge in [-0.3, -0.25) is 4.79 Å². The van der Waals surface area contributed by atoms with Crippen molar-refractivity contribution in [2.24, 2.45) is 0 Å². The predicted octanol–water partition coefficient (Wildman–Crippen LogP) is 3.10. The van der Waals surface area contributed by atoms with Crippen LogP contribution in [0.15, 0.2) is 54.6 Å². The molecule has 0 atom stereocenters. The standard InChI is InChI=1S/C15H14FNO/c1-17(11-12-7-3-2-4-8-12)15(18)13-9-5-6-10-14(13)16/h2-10H,11H2,1H3. The maximum atomic E-state index is 13.5. The number of nitrogens with zero attached hydrogens (tertiary/aromatic N) is 1. The van der Waals surface area contributed by atoms with E-state index in [0.29, 0.717) is 6.54 Å². The summed E-state index contributed by atoms with van der Waals surface area (Å²) in [7, 11) is 1.67. The first-order valence-electron chi connectivity index (χ1n) is 5.72. The Kier molecular flexibility index (Phi) is 3.72. The second-order valence-electron chi connectivity index (χ2n) is 4.13. The average Bonchev–Trinajstić information content (AvgIpc) is 2.39. The van der Waals surface area contributed by atoms with E-state index in [1.54, 1.807) is 19.2 Å². The van der Waals surface area contributed by atoms with Crippen molar-refractivity contribution in [1.29, 1.82) is 0 Å². The van der Waals surface area contributed by atoms with Gasteiger partial charge in [-0.2, -0.15) is 0 Å². The number of benzene rings is 2. The first kappa shape index (κ1) is 12.3. The largest absolute Gasteiger partial charge is 0.337 e. The Morgan fingerprint density at radius 1 is 1.06 bits per heavy atom. The zero-order valence-corrected chi connectivity index (χ0v) is 10.1. The van der Waals surface area contributed by atoms with Gasteiger partial charge in [0.05, 0.1) is 5.56 Å². The molecule has 0 saturated carbocycles. The molecule has 3 heteroatoms.